The van der Waals surface area contributed by atoms with E-state index < -0.39 is 0 Å². The molecule has 0 atom stereocenters. The Morgan fingerprint density at radius 1 is 1.20 bits per heavy atom. The van der Waals surface area contributed by atoms with Crippen molar-refractivity contribution in [3.05, 3.63) is 58.3 Å². The summed E-state index contributed by atoms with van der Waals surface area (Å²) < 4.78 is 0. The van der Waals surface area contributed by atoms with Gasteiger partial charge in [-0.1, -0.05) is 29.3 Å². The number of rotatable bonds is 5. The number of halogens is 2. The predicted octanol–water partition coefficient (Wildman–Crippen LogP) is 3.91. The SMILES string of the molecule is O=C(NCCSc1c(Cl)cccc1Cl)c1cccnc1. The Labute approximate surface area is 131 Å². The summed E-state index contributed by atoms with van der Waals surface area (Å²) in [7, 11) is 0. The fourth-order valence-electron chi connectivity index (χ4n) is 1.54. The van der Waals surface area contributed by atoms with Crippen molar-refractivity contribution in [3.8, 4) is 0 Å². The molecule has 3 nitrogen and oxygen atoms in total. The molecular weight excluding hydrogens is 315 g/mol. The number of thioether (sulfide) groups is 1. The number of benzene rings is 1. The second-order valence-electron chi connectivity index (χ2n) is 3.90. The smallest absolute Gasteiger partial charge is 0.252 e. The van der Waals surface area contributed by atoms with Crippen molar-refractivity contribution < 1.29 is 4.79 Å². The van der Waals surface area contributed by atoms with Gasteiger partial charge in [0.15, 0.2) is 0 Å². The molecule has 1 aromatic heterocycles. The van der Waals surface area contributed by atoms with Crippen molar-refractivity contribution in [1.82, 2.24) is 10.3 Å². The Kier molecular flexibility index (Phi) is 5.71. The number of nitrogens with one attached hydrogen (secondary N) is 1. The number of hydrogen-bond donors (Lipinski definition) is 1. The average Bonchev–Trinajstić information content (AvgIpc) is 2.46. The highest BCUT2D eigenvalue weighted by molar-refractivity contribution is 7.99. The zero-order chi connectivity index (χ0) is 14.4. The van der Waals surface area contributed by atoms with Crippen LogP contribution in [0.1, 0.15) is 10.4 Å². The summed E-state index contributed by atoms with van der Waals surface area (Å²) in [5, 5.41) is 4.07. The molecular formula is C14H12Cl2N2OS. The number of amides is 1. The first kappa shape index (κ1) is 15.2. The molecule has 1 aromatic carbocycles. The lowest BCUT2D eigenvalue weighted by Crippen LogP contribution is -2.25. The maximum Gasteiger partial charge on any atom is 0.252 e. The lowest BCUT2D eigenvalue weighted by atomic mass is 10.3. The molecule has 0 bridgehead atoms. The second kappa shape index (κ2) is 7.53. The van der Waals surface area contributed by atoms with Crippen LogP contribution >= 0.6 is 35.0 Å². The molecule has 2 rings (SSSR count). The van der Waals surface area contributed by atoms with Crippen molar-refractivity contribution >= 4 is 40.9 Å². The quantitative estimate of drug-likeness (QED) is 0.669. The number of aromatic nitrogens is 1. The van der Waals surface area contributed by atoms with E-state index in [1.807, 2.05) is 0 Å². The van der Waals surface area contributed by atoms with E-state index >= 15 is 0 Å². The van der Waals surface area contributed by atoms with Crippen LogP contribution in [0, 0.1) is 0 Å². The molecule has 1 N–H and O–H groups in total. The Morgan fingerprint density at radius 3 is 2.60 bits per heavy atom. The molecule has 1 heterocycles. The topological polar surface area (TPSA) is 42.0 Å². The van der Waals surface area contributed by atoms with Crippen molar-refractivity contribution in [3.63, 3.8) is 0 Å². The van der Waals surface area contributed by atoms with Crippen LogP contribution in [0.5, 0.6) is 0 Å². The molecule has 0 saturated carbocycles. The first-order chi connectivity index (χ1) is 9.68. The maximum atomic E-state index is 11.8. The average molecular weight is 327 g/mol. The number of pyridine rings is 1. The van der Waals surface area contributed by atoms with E-state index in [0.717, 1.165) is 4.90 Å². The van der Waals surface area contributed by atoms with Crippen LogP contribution in [-0.2, 0) is 0 Å². The third-order valence-electron chi connectivity index (χ3n) is 2.48. The summed E-state index contributed by atoms with van der Waals surface area (Å²) in [5.74, 6) is 0.555. The highest BCUT2D eigenvalue weighted by atomic mass is 35.5. The van der Waals surface area contributed by atoms with Gasteiger partial charge in [0, 0.05) is 29.6 Å². The van der Waals surface area contributed by atoms with Crippen LogP contribution in [0.25, 0.3) is 0 Å². The largest absolute Gasteiger partial charge is 0.351 e. The second-order valence-corrected chi connectivity index (χ2v) is 5.82. The molecule has 0 fully saturated rings. The Morgan fingerprint density at radius 2 is 1.95 bits per heavy atom. The Balaban J connectivity index is 1.81. The van der Waals surface area contributed by atoms with Crippen molar-refractivity contribution in [1.29, 1.82) is 0 Å². The highest BCUT2D eigenvalue weighted by Crippen LogP contribution is 2.33. The van der Waals surface area contributed by atoms with Gasteiger partial charge in [0.1, 0.15) is 0 Å². The van der Waals surface area contributed by atoms with Gasteiger partial charge in [-0.25, -0.2) is 0 Å². The normalized spacial score (nSPS) is 10.3. The molecule has 20 heavy (non-hydrogen) atoms. The third-order valence-corrected chi connectivity index (χ3v) is 4.47. The Hall–Kier alpha value is -1.23. The van der Waals surface area contributed by atoms with Gasteiger partial charge in [-0.15, -0.1) is 11.8 Å². The van der Waals surface area contributed by atoms with E-state index in [-0.39, 0.29) is 5.91 Å². The van der Waals surface area contributed by atoms with Gasteiger partial charge in [0.2, 0.25) is 0 Å². The van der Waals surface area contributed by atoms with Gasteiger partial charge in [0.05, 0.1) is 15.6 Å². The van der Waals surface area contributed by atoms with E-state index in [0.29, 0.717) is 27.9 Å². The van der Waals surface area contributed by atoms with E-state index in [9.17, 15) is 4.79 Å². The van der Waals surface area contributed by atoms with Crippen LogP contribution in [0.3, 0.4) is 0 Å². The number of nitrogens with zero attached hydrogens (tertiary/aromatic N) is 1. The fraction of sp³-hybridized carbons (Fsp3) is 0.143. The van der Waals surface area contributed by atoms with E-state index in [1.165, 1.54) is 18.0 Å². The van der Waals surface area contributed by atoms with E-state index in [2.05, 4.69) is 10.3 Å². The number of carbonyl (C=O) groups excluding carboxylic acids is 1. The predicted molar refractivity (Wildman–Crippen MR) is 83.8 cm³/mol. The van der Waals surface area contributed by atoms with E-state index in [4.69, 9.17) is 23.2 Å². The van der Waals surface area contributed by atoms with Gasteiger partial charge >= 0.3 is 0 Å². The molecule has 104 valence electrons. The molecule has 0 radical (unpaired) electrons. The lowest BCUT2D eigenvalue weighted by molar-refractivity contribution is 0.0956. The standard InChI is InChI=1S/C14H12Cl2N2OS/c15-11-4-1-5-12(16)13(11)20-8-7-18-14(19)10-3-2-6-17-9-10/h1-6,9H,7-8H2,(H,18,19). The maximum absolute atomic E-state index is 11.8. The highest BCUT2D eigenvalue weighted by Gasteiger charge is 2.07. The first-order valence-corrected chi connectivity index (χ1v) is 7.67. The Bertz CT molecular complexity index is 573. The van der Waals surface area contributed by atoms with Crippen molar-refractivity contribution in [2.24, 2.45) is 0 Å². The monoisotopic (exact) mass is 326 g/mol. The number of hydrogen-bond acceptors (Lipinski definition) is 3. The summed E-state index contributed by atoms with van der Waals surface area (Å²) in [4.78, 5) is 16.5. The van der Waals surface area contributed by atoms with Gasteiger partial charge < -0.3 is 5.32 Å². The summed E-state index contributed by atoms with van der Waals surface area (Å²) in [6.07, 6.45) is 3.17. The number of carbonyl (C=O) groups is 1. The molecule has 0 aliphatic heterocycles. The molecule has 2 aromatic rings. The first-order valence-electron chi connectivity index (χ1n) is 5.93. The molecule has 0 aliphatic rings. The summed E-state index contributed by atoms with van der Waals surface area (Å²) >= 11 is 13.6. The fourth-order valence-corrected chi connectivity index (χ4v) is 3.08. The molecule has 1 amide bonds. The van der Waals surface area contributed by atoms with Crippen LogP contribution in [0.15, 0.2) is 47.6 Å². The third kappa shape index (κ3) is 4.13. The van der Waals surface area contributed by atoms with Crippen molar-refractivity contribution in [2.45, 2.75) is 4.90 Å². The van der Waals surface area contributed by atoms with Crippen LogP contribution in [0.4, 0.5) is 0 Å². The molecule has 0 spiro atoms. The zero-order valence-electron chi connectivity index (χ0n) is 10.5. The minimum absolute atomic E-state index is 0.135. The summed E-state index contributed by atoms with van der Waals surface area (Å²) in [6, 6.07) is 8.85. The molecule has 0 aliphatic carbocycles. The molecule has 0 saturated heterocycles. The van der Waals surface area contributed by atoms with Gasteiger partial charge in [-0.3, -0.25) is 9.78 Å². The van der Waals surface area contributed by atoms with Gasteiger partial charge in [-0.05, 0) is 24.3 Å². The minimum atomic E-state index is -0.135. The van der Waals surface area contributed by atoms with Gasteiger partial charge in [0.25, 0.3) is 5.91 Å². The van der Waals surface area contributed by atoms with Crippen LogP contribution in [-0.4, -0.2) is 23.2 Å². The lowest BCUT2D eigenvalue weighted by Gasteiger charge is -2.07. The van der Waals surface area contributed by atoms with E-state index in [1.54, 1.807) is 36.5 Å². The van der Waals surface area contributed by atoms with Crippen LogP contribution < -0.4 is 5.32 Å². The van der Waals surface area contributed by atoms with Crippen molar-refractivity contribution in [2.75, 3.05) is 12.3 Å². The summed E-state index contributed by atoms with van der Waals surface area (Å²) in [6.45, 7) is 0.528. The van der Waals surface area contributed by atoms with Crippen LogP contribution in [0.2, 0.25) is 10.0 Å². The zero-order valence-corrected chi connectivity index (χ0v) is 12.8. The molecule has 0 unspecified atom stereocenters. The minimum Gasteiger partial charge on any atom is -0.351 e. The van der Waals surface area contributed by atoms with Gasteiger partial charge in [-0.2, -0.15) is 0 Å². The summed E-state index contributed by atoms with van der Waals surface area (Å²) in [5.41, 5.74) is 0.549. The molecule has 6 heteroatoms.